The predicted octanol–water partition coefficient (Wildman–Crippen LogP) is 0.775. The Morgan fingerprint density at radius 1 is 1.50 bits per heavy atom. The standard InChI is InChI=1S/C11H11NO4/c1-16-9-4-2-3-8(12-9)11(10(14)15)5-7(13)6-11/h2-4H,5-6H2,1H3,(H,14,15). The number of hydrogen-bond donors (Lipinski definition) is 1. The molecule has 1 saturated carbocycles. The first kappa shape index (κ1) is 10.6. The van der Waals surface area contributed by atoms with E-state index in [-0.39, 0.29) is 18.6 Å². The first-order chi connectivity index (χ1) is 7.58. The van der Waals surface area contributed by atoms with Crippen LogP contribution in [0.1, 0.15) is 18.5 Å². The number of ether oxygens (including phenoxy) is 1. The minimum absolute atomic E-state index is 0.0164. The Labute approximate surface area is 92.1 Å². The van der Waals surface area contributed by atoms with E-state index in [4.69, 9.17) is 4.74 Å². The molecule has 1 heterocycles. The van der Waals surface area contributed by atoms with E-state index in [9.17, 15) is 14.7 Å². The fourth-order valence-electron chi connectivity index (χ4n) is 1.86. The molecule has 2 rings (SSSR count). The van der Waals surface area contributed by atoms with E-state index in [0.717, 1.165) is 0 Å². The highest BCUT2D eigenvalue weighted by Gasteiger charge is 2.52. The van der Waals surface area contributed by atoms with Crippen molar-refractivity contribution < 1.29 is 19.4 Å². The molecule has 1 fully saturated rings. The minimum atomic E-state index is -1.15. The SMILES string of the molecule is COc1cccc(C2(C(=O)O)CC(=O)C2)n1. The van der Waals surface area contributed by atoms with Crippen LogP contribution in [0.5, 0.6) is 5.88 Å². The lowest BCUT2D eigenvalue weighted by atomic mass is 9.65. The van der Waals surface area contributed by atoms with Gasteiger partial charge in [-0.2, -0.15) is 0 Å². The van der Waals surface area contributed by atoms with Crippen molar-refractivity contribution in [2.45, 2.75) is 18.3 Å². The maximum absolute atomic E-state index is 11.2. The number of nitrogens with zero attached hydrogens (tertiary/aromatic N) is 1. The second-order valence-corrected chi connectivity index (χ2v) is 3.84. The van der Waals surface area contributed by atoms with Gasteiger partial charge in [-0.3, -0.25) is 9.59 Å². The number of aliphatic carboxylic acids is 1. The molecule has 1 aliphatic carbocycles. The minimum Gasteiger partial charge on any atom is -0.481 e. The molecule has 5 heteroatoms. The largest absolute Gasteiger partial charge is 0.481 e. The molecule has 0 spiro atoms. The number of hydrogen-bond acceptors (Lipinski definition) is 4. The number of pyridine rings is 1. The van der Waals surface area contributed by atoms with Gasteiger partial charge in [0.15, 0.2) is 0 Å². The van der Waals surface area contributed by atoms with Gasteiger partial charge in [-0.05, 0) is 6.07 Å². The van der Waals surface area contributed by atoms with Crippen molar-refractivity contribution in [2.24, 2.45) is 0 Å². The van der Waals surface area contributed by atoms with Gasteiger partial charge in [-0.15, -0.1) is 0 Å². The average molecular weight is 221 g/mol. The Morgan fingerprint density at radius 3 is 2.69 bits per heavy atom. The van der Waals surface area contributed by atoms with Crippen LogP contribution < -0.4 is 4.74 Å². The molecule has 0 atom stereocenters. The second kappa shape index (κ2) is 3.59. The highest BCUT2D eigenvalue weighted by molar-refractivity contribution is 6.01. The zero-order chi connectivity index (χ0) is 11.8. The van der Waals surface area contributed by atoms with E-state index in [1.54, 1.807) is 18.2 Å². The maximum atomic E-state index is 11.2. The van der Waals surface area contributed by atoms with E-state index < -0.39 is 11.4 Å². The number of rotatable bonds is 3. The van der Waals surface area contributed by atoms with Crippen LogP contribution in [0, 0.1) is 0 Å². The summed E-state index contributed by atoms with van der Waals surface area (Å²) in [4.78, 5) is 26.3. The lowest BCUT2D eigenvalue weighted by Crippen LogP contribution is -2.48. The van der Waals surface area contributed by atoms with Crippen LogP contribution in [0.4, 0.5) is 0 Å². The summed E-state index contributed by atoms with van der Waals surface area (Å²) in [5.41, 5.74) is -0.759. The molecule has 1 aromatic rings. The van der Waals surface area contributed by atoms with Crippen molar-refractivity contribution in [3.63, 3.8) is 0 Å². The first-order valence-electron chi connectivity index (χ1n) is 4.85. The summed E-state index contributed by atoms with van der Waals surface area (Å²) >= 11 is 0. The number of Topliss-reactive ketones (excluding diaryl/α,β-unsaturated/α-hetero) is 1. The van der Waals surface area contributed by atoms with Crippen molar-refractivity contribution in [1.82, 2.24) is 4.98 Å². The normalized spacial score (nSPS) is 17.7. The van der Waals surface area contributed by atoms with Gasteiger partial charge in [0.25, 0.3) is 0 Å². The van der Waals surface area contributed by atoms with Crippen LogP contribution in [-0.4, -0.2) is 29.0 Å². The van der Waals surface area contributed by atoms with Crippen molar-refractivity contribution in [3.05, 3.63) is 23.9 Å². The summed E-state index contributed by atoms with van der Waals surface area (Å²) in [6, 6.07) is 4.93. The van der Waals surface area contributed by atoms with Crippen molar-refractivity contribution in [1.29, 1.82) is 0 Å². The number of carboxylic acids is 1. The Morgan fingerprint density at radius 2 is 2.19 bits per heavy atom. The lowest BCUT2D eigenvalue weighted by Gasteiger charge is -2.35. The quantitative estimate of drug-likeness (QED) is 0.816. The van der Waals surface area contributed by atoms with Crippen LogP contribution in [0.25, 0.3) is 0 Å². The first-order valence-corrected chi connectivity index (χ1v) is 4.85. The highest BCUT2D eigenvalue weighted by atomic mass is 16.5. The summed E-state index contributed by atoms with van der Waals surface area (Å²) < 4.78 is 4.94. The molecule has 0 radical (unpaired) electrons. The van der Waals surface area contributed by atoms with E-state index in [2.05, 4.69) is 4.98 Å². The molecule has 1 N–H and O–H groups in total. The van der Waals surface area contributed by atoms with E-state index in [1.165, 1.54) is 7.11 Å². The van der Waals surface area contributed by atoms with Gasteiger partial charge in [0, 0.05) is 18.9 Å². The second-order valence-electron chi connectivity index (χ2n) is 3.84. The summed E-state index contributed by atoms with van der Waals surface area (Å²) in [7, 11) is 1.46. The van der Waals surface area contributed by atoms with Crippen LogP contribution in [0.2, 0.25) is 0 Å². The van der Waals surface area contributed by atoms with Crippen LogP contribution >= 0.6 is 0 Å². The molecule has 1 aliphatic rings. The predicted molar refractivity (Wildman–Crippen MR) is 54.3 cm³/mol. The molecule has 0 amide bonds. The average Bonchev–Trinajstić information content (AvgIpc) is 2.24. The van der Waals surface area contributed by atoms with Crippen LogP contribution in [-0.2, 0) is 15.0 Å². The monoisotopic (exact) mass is 221 g/mol. The molecular weight excluding hydrogens is 210 g/mol. The maximum Gasteiger partial charge on any atom is 0.316 e. The van der Waals surface area contributed by atoms with Crippen molar-refractivity contribution in [3.8, 4) is 5.88 Å². The molecule has 0 bridgehead atoms. The van der Waals surface area contributed by atoms with Gasteiger partial charge in [0.05, 0.1) is 12.8 Å². The number of carbonyl (C=O) groups excluding carboxylic acids is 1. The van der Waals surface area contributed by atoms with Crippen molar-refractivity contribution in [2.75, 3.05) is 7.11 Å². The van der Waals surface area contributed by atoms with Gasteiger partial charge in [0.1, 0.15) is 11.2 Å². The van der Waals surface area contributed by atoms with Crippen LogP contribution in [0.15, 0.2) is 18.2 Å². The van der Waals surface area contributed by atoms with Gasteiger partial charge in [-0.1, -0.05) is 6.07 Å². The Bertz CT molecular complexity index is 447. The molecule has 0 saturated heterocycles. The molecule has 0 aliphatic heterocycles. The van der Waals surface area contributed by atoms with Crippen molar-refractivity contribution >= 4 is 11.8 Å². The third-order valence-corrected chi connectivity index (χ3v) is 2.83. The number of carboxylic acid groups (broad SMARTS) is 1. The van der Waals surface area contributed by atoms with Gasteiger partial charge < -0.3 is 9.84 Å². The van der Waals surface area contributed by atoms with Gasteiger partial charge in [0.2, 0.25) is 5.88 Å². The Hall–Kier alpha value is -1.91. The smallest absolute Gasteiger partial charge is 0.316 e. The fourth-order valence-corrected chi connectivity index (χ4v) is 1.86. The Balaban J connectivity index is 2.40. The molecule has 0 unspecified atom stereocenters. The summed E-state index contributed by atoms with van der Waals surface area (Å²) in [6.07, 6.45) is 0.0327. The third kappa shape index (κ3) is 1.44. The highest BCUT2D eigenvalue weighted by Crippen LogP contribution is 2.41. The topological polar surface area (TPSA) is 76.5 Å². The van der Waals surface area contributed by atoms with E-state index in [1.807, 2.05) is 0 Å². The fraction of sp³-hybridized carbons (Fsp3) is 0.364. The van der Waals surface area contributed by atoms with Gasteiger partial charge in [-0.25, -0.2) is 4.98 Å². The zero-order valence-corrected chi connectivity index (χ0v) is 8.77. The number of aromatic nitrogens is 1. The van der Waals surface area contributed by atoms with E-state index in [0.29, 0.717) is 11.6 Å². The summed E-state index contributed by atoms with van der Waals surface area (Å²) in [5, 5.41) is 9.19. The molecule has 0 aromatic carbocycles. The van der Waals surface area contributed by atoms with E-state index >= 15 is 0 Å². The van der Waals surface area contributed by atoms with Gasteiger partial charge >= 0.3 is 5.97 Å². The zero-order valence-electron chi connectivity index (χ0n) is 8.77. The molecule has 84 valence electrons. The number of carbonyl (C=O) groups is 2. The number of ketones is 1. The molecule has 5 nitrogen and oxygen atoms in total. The number of methoxy groups -OCH3 is 1. The molecule has 16 heavy (non-hydrogen) atoms. The van der Waals surface area contributed by atoms with Crippen LogP contribution in [0.3, 0.4) is 0 Å². The summed E-state index contributed by atoms with van der Waals surface area (Å²) in [6.45, 7) is 0. The third-order valence-electron chi connectivity index (χ3n) is 2.83. The summed E-state index contributed by atoms with van der Waals surface area (Å²) in [5.74, 6) is -0.697. The lowest BCUT2D eigenvalue weighted by molar-refractivity contribution is -0.153. The molecular formula is C11H11NO4. The molecule has 1 aromatic heterocycles. The Kier molecular flexibility index (Phi) is 2.38.